The summed E-state index contributed by atoms with van der Waals surface area (Å²) < 4.78 is 10.6. The fourth-order valence-electron chi connectivity index (χ4n) is 2.81. The maximum absolute atomic E-state index is 12.4. The van der Waals surface area contributed by atoms with Gasteiger partial charge in [-0.25, -0.2) is 9.97 Å². The van der Waals surface area contributed by atoms with Crippen molar-refractivity contribution in [1.82, 2.24) is 14.9 Å². The van der Waals surface area contributed by atoms with E-state index in [-0.39, 0.29) is 5.91 Å². The number of aromatic nitrogens is 2. The standard InChI is InChI=1S/C18H22N4O3/c1-24-13-6-7-16(25-2)14(10-13)21-17-12-19-15(11-20-17)18(23)22-8-4-3-5-9-22/h6-7,10-12H,3-5,8-9H2,1-2H3,(H,20,21). The molecule has 25 heavy (non-hydrogen) atoms. The van der Waals surface area contributed by atoms with Gasteiger partial charge < -0.3 is 19.7 Å². The Morgan fingerprint density at radius 2 is 1.88 bits per heavy atom. The Labute approximate surface area is 147 Å². The van der Waals surface area contributed by atoms with Gasteiger partial charge in [0.05, 0.1) is 32.3 Å². The van der Waals surface area contributed by atoms with Crippen LogP contribution in [-0.4, -0.2) is 48.1 Å². The van der Waals surface area contributed by atoms with Gasteiger partial charge in [0.25, 0.3) is 5.91 Å². The van der Waals surface area contributed by atoms with Gasteiger partial charge in [0.2, 0.25) is 0 Å². The molecule has 1 fully saturated rings. The van der Waals surface area contributed by atoms with Gasteiger partial charge in [0.15, 0.2) is 0 Å². The van der Waals surface area contributed by atoms with Gasteiger partial charge in [-0.2, -0.15) is 0 Å². The molecule has 2 aromatic rings. The summed E-state index contributed by atoms with van der Waals surface area (Å²) in [4.78, 5) is 22.8. The van der Waals surface area contributed by atoms with E-state index in [4.69, 9.17) is 9.47 Å². The molecule has 1 amide bonds. The maximum atomic E-state index is 12.4. The average Bonchev–Trinajstić information content (AvgIpc) is 2.68. The van der Waals surface area contributed by atoms with Crippen molar-refractivity contribution in [2.24, 2.45) is 0 Å². The molecule has 1 N–H and O–H groups in total. The van der Waals surface area contributed by atoms with Crippen molar-refractivity contribution in [2.45, 2.75) is 19.3 Å². The molecular weight excluding hydrogens is 320 g/mol. The van der Waals surface area contributed by atoms with Crippen molar-refractivity contribution < 1.29 is 14.3 Å². The van der Waals surface area contributed by atoms with Crippen LogP contribution in [0.15, 0.2) is 30.6 Å². The number of anilines is 2. The molecule has 7 nitrogen and oxygen atoms in total. The Morgan fingerprint density at radius 3 is 2.52 bits per heavy atom. The highest BCUT2D eigenvalue weighted by Crippen LogP contribution is 2.30. The van der Waals surface area contributed by atoms with E-state index in [0.29, 0.717) is 28.7 Å². The smallest absolute Gasteiger partial charge is 0.274 e. The Morgan fingerprint density at radius 1 is 1.08 bits per heavy atom. The summed E-state index contributed by atoms with van der Waals surface area (Å²) in [6.45, 7) is 1.59. The van der Waals surface area contributed by atoms with Gasteiger partial charge in [-0.1, -0.05) is 0 Å². The Balaban J connectivity index is 1.73. The van der Waals surface area contributed by atoms with Crippen molar-refractivity contribution in [1.29, 1.82) is 0 Å². The lowest BCUT2D eigenvalue weighted by Crippen LogP contribution is -2.36. The van der Waals surface area contributed by atoms with Crippen LogP contribution in [0.1, 0.15) is 29.8 Å². The van der Waals surface area contributed by atoms with E-state index in [1.807, 2.05) is 23.1 Å². The summed E-state index contributed by atoms with van der Waals surface area (Å²) in [7, 11) is 3.20. The first-order valence-corrected chi connectivity index (χ1v) is 8.31. The van der Waals surface area contributed by atoms with Crippen LogP contribution in [0, 0.1) is 0 Å². The first-order valence-electron chi connectivity index (χ1n) is 8.31. The predicted octanol–water partition coefficient (Wildman–Crippen LogP) is 2.86. The molecule has 1 aliphatic heterocycles. The highest BCUT2D eigenvalue weighted by atomic mass is 16.5. The lowest BCUT2D eigenvalue weighted by Gasteiger charge is -2.26. The number of hydrogen-bond acceptors (Lipinski definition) is 6. The van der Waals surface area contributed by atoms with E-state index in [1.54, 1.807) is 20.4 Å². The minimum atomic E-state index is -0.0577. The normalized spacial score (nSPS) is 14.1. The average molecular weight is 342 g/mol. The number of hydrogen-bond donors (Lipinski definition) is 1. The summed E-state index contributed by atoms with van der Waals surface area (Å²) in [6.07, 6.45) is 6.34. The Hall–Kier alpha value is -2.83. The summed E-state index contributed by atoms with van der Waals surface area (Å²) in [5.41, 5.74) is 1.08. The molecule has 1 aliphatic rings. The lowest BCUT2D eigenvalue weighted by atomic mass is 10.1. The van der Waals surface area contributed by atoms with Crippen LogP contribution in [0.3, 0.4) is 0 Å². The fourth-order valence-corrected chi connectivity index (χ4v) is 2.81. The molecule has 1 aromatic heterocycles. The maximum Gasteiger partial charge on any atom is 0.274 e. The number of carbonyl (C=O) groups excluding carboxylic acids is 1. The zero-order valence-electron chi connectivity index (χ0n) is 14.5. The molecular formula is C18H22N4O3. The molecule has 0 aliphatic carbocycles. The predicted molar refractivity (Wildman–Crippen MR) is 94.6 cm³/mol. The Kier molecular flexibility index (Phi) is 5.33. The molecule has 132 valence electrons. The minimum absolute atomic E-state index is 0.0577. The quantitative estimate of drug-likeness (QED) is 0.900. The molecule has 3 rings (SSSR count). The van der Waals surface area contributed by atoms with Gasteiger partial charge >= 0.3 is 0 Å². The van der Waals surface area contributed by atoms with Gasteiger partial charge in [-0.15, -0.1) is 0 Å². The molecule has 0 saturated carbocycles. The van der Waals surface area contributed by atoms with Crippen molar-refractivity contribution in [3.8, 4) is 11.5 Å². The largest absolute Gasteiger partial charge is 0.497 e. The second-order valence-electron chi connectivity index (χ2n) is 5.83. The highest BCUT2D eigenvalue weighted by Gasteiger charge is 2.19. The van der Waals surface area contributed by atoms with Crippen molar-refractivity contribution in [2.75, 3.05) is 32.6 Å². The molecule has 1 saturated heterocycles. The van der Waals surface area contributed by atoms with Gasteiger partial charge in [0, 0.05) is 19.2 Å². The van der Waals surface area contributed by atoms with Gasteiger partial charge in [-0.05, 0) is 31.4 Å². The summed E-state index contributed by atoms with van der Waals surface area (Å²) in [6, 6.07) is 5.44. The number of benzene rings is 1. The number of ether oxygens (including phenoxy) is 2. The second-order valence-corrected chi connectivity index (χ2v) is 5.83. The molecule has 0 atom stereocenters. The number of nitrogens with zero attached hydrogens (tertiary/aromatic N) is 3. The van der Waals surface area contributed by atoms with Crippen LogP contribution in [0.25, 0.3) is 0 Å². The van der Waals surface area contributed by atoms with Crippen LogP contribution in [0.2, 0.25) is 0 Å². The van der Waals surface area contributed by atoms with Gasteiger partial charge in [-0.3, -0.25) is 4.79 Å². The molecule has 0 spiro atoms. The van der Waals surface area contributed by atoms with Gasteiger partial charge in [0.1, 0.15) is 23.0 Å². The van der Waals surface area contributed by atoms with Crippen LogP contribution in [-0.2, 0) is 0 Å². The summed E-state index contributed by atoms with van der Waals surface area (Å²) in [5.74, 6) is 1.84. The monoisotopic (exact) mass is 342 g/mol. The number of carbonyl (C=O) groups is 1. The number of nitrogens with one attached hydrogen (secondary N) is 1. The van der Waals surface area contributed by atoms with Crippen LogP contribution >= 0.6 is 0 Å². The van der Waals surface area contributed by atoms with Crippen molar-refractivity contribution in [3.05, 3.63) is 36.3 Å². The number of piperidine rings is 1. The first kappa shape index (κ1) is 17.0. The van der Waals surface area contributed by atoms with Crippen LogP contribution in [0.4, 0.5) is 11.5 Å². The molecule has 0 radical (unpaired) electrons. The van der Waals surface area contributed by atoms with E-state index in [1.165, 1.54) is 12.6 Å². The Bertz CT molecular complexity index is 728. The van der Waals surface area contributed by atoms with E-state index in [0.717, 1.165) is 25.9 Å². The third kappa shape index (κ3) is 3.99. The summed E-state index contributed by atoms with van der Waals surface area (Å²) in [5, 5.41) is 3.14. The van der Waals surface area contributed by atoms with E-state index in [2.05, 4.69) is 15.3 Å². The first-order chi connectivity index (χ1) is 12.2. The molecule has 0 unspecified atom stereocenters. The summed E-state index contributed by atoms with van der Waals surface area (Å²) >= 11 is 0. The second kappa shape index (κ2) is 7.83. The number of methoxy groups -OCH3 is 2. The number of amides is 1. The third-order valence-electron chi connectivity index (χ3n) is 4.18. The fraction of sp³-hybridized carbons (Fsp3) is 0.389. The zero-order chi connectivity index (χ0) is 17.6. The zero-order valence-corrected chi connectivity index (χ0v) is 14.5. The van der Waals surface area contributed by atoms with Crippen LogP contribution < -0.4 is 14.8 Å². The number of rotatable bonds is 5. The van der Waals surface area contributed by atoms with E-state index in [9.17, 15) is 4.79 Å². The topological polar surface area (TPSA) is 76.6 Å². The number of likely N-dealkylation sites (tertiary alicyclic amines) is 1. The van der Waals surface area contributed by atoms with E-state index < -0.39 is 0 Å². The minimum Gasteiger partial charge on any atom is -0.497 e. The van der Waals surface area contributed by atoms with Crippen LogP contribution in [0.5, 0.6) is 11.5 Å². The lowest BCUT2D eigenvalue weighted by molar-refractivity contribution is 0.0718. The van der Waals surface area contributed by atoms with Crippen molar-refractivity contribution >= 4 is 17.4 Å². The molecule has 0 bridgehead atoms. The van der Waals surface area contributed by atoms with E-state index >= 15 is 0 Å². The third-order valence-corrected chi connectivity index (χ3v) is 4.18. The highest BCUT2D eigenvalue weighted by molar-refractivity contribution is 5.92. The van der Waals surface area contributed by atoms with Crippen molar-refractivity contribution in [3.63, 3.8) is 0 Å². The molecule has 7 heteroatoms. The molecule has 2 heterocycles. The molecule has 1 aromatic carbocycles. The SMILES string of the molecule is COc1ccc(OC)c(Nc2cnc(C(=O)N3CCCCC3)cn2)c1.